The largest absolute Gasteiger partial charge is 0.373 e. The molecule has 1 aromatic heterocycles. The van der Waals surface area contributed by atoms with Crippen LogP contribution in [0.1, 0.15) is 36.6 Å². The Labute approximate surface area is 92.2 Å². The lowest BCUT2D eigenvalue weighted by Gasteiger charge is -2.13. The van der Waals surface area contributed by atoms with Gasteiger partial charge in [0.2, 0.25) is 0 Å². The van der Waals surface area contributed by atoms with Crippen LogP contribution >= 0.6 is 0 Å². The fourth-order valence-corrected chi connectivity index (χ4v) is 2.36. The van der Waals surface area contributed by atoms with Gasteiger partial charge in [0, 0.05) is 18.4 Å². The highest BCUT2D eigenvalue weighted by molar-refractivity contribution is 5.28. The zero-order valence-electron chi connectivity index (χ0n) is 10.2. The van der Waals surface area contributed by atoms with Gasteiger partial charge in [-0.3, -0.25) is 0 Å². The Bertz CT molecular complexity index is 354. The molecule has 2 heteroatoms. The van der Waals surface area contributed by atoms with Crippen molar-refractivity contribution >= 4 is 0 Å². The smallest absolute Gasteiger partial charge is 0.0758 e. The first-order valence-electron chi connectivity index (χ1n) is 5.86. The first-order valence-corrected chi connectivity index (χ1v) is 5.86. The molecule has 2 unspecified atom stereocenters. The fourth-order valence-electron chi connectivity index (χ4n) is 2.36. The molecule has 15 heavy (non-hydrogen) atoms. The molecule has 0 spiro atoms. The van der Waals surface area contributed by atoms with Gasteiger partial charge >= 0.3 is 0 Å². The molecule has 2 nitrogen and oxygen atoms in total. The van der Waals surface area contributed by atoms with E-state index in [-0.39, 0.29) is 0 Å². The first-order chi connectivity index (χ1) is 7.08. The Morgan fingerprint density at radius 3 is 2.53 bits per heavy atom. The van der Waals surface area contributed by atoms with E-state index in [0.29, 0.717) is 12.2 Å². The molecule has 0 bridgehead atoms. The number of hydrogen-bond donors (Lipinski definition) is 0. The minimum Gasteiger partial charge on any atom is -0.373 e. The molecule has 1 saturated heterocycles. The number of hydrogen-bond acceptors (Lipinski definition) is 1. The number of aryl methyl sites for hydroxylation is 1. The third-order valence-corrected chi connectivity index (χ3v) is 3.63. The molecule has 1 aliphatic rings. The van der Waals surface area contributed by atoms with E-state index in [9.17, 15) is 0 Å². The van der Waals surface area contributed by atoms with Crippen LogP contribution < -0.4 is 0 Å². The predicted octanol–water partition coefficient (Wildman–Crippen LogP) is 2.98. The molecular formula is C13H21NO. The molecule has 0 aliphatic carbocycles. The molecule has 2 rings (SSSR count). The number of nitrogens with zero attached hydrogens (tertiary/aromatic N) is 1. The highest BCUT2D eigenvalue weighted by Gasteiger charge is 2.22. The normalized spacial score (nSPS) is 26.1. The van der Waals surface area contributed by atoms with Crippen LogP contribution in [0.15, 0.2) is 6.20 Å². The predicted molar refractivity (Wildman–Crippen MR) is 62.2 cm³/mol. The van der Waals surface area contributed by atoms with Crippen LogP contribution in [-0.4, -0.2) is 16.8 Å². The van der Waals surface area contributed by atoms with Gasteiger partial charge in [0.05, 0.1) is 12.2 Å². The summed E-state index contributed by atoms with van der Waals surface area (Å²) in [7, 11) is 0. The van der Waals surface area contributed by atoms with E-state index in [1.54, 1.807) is 0 Å². The summed E-state index contributed by atoms with van der Waals surface area (Å²) in [6.45, 7) is 9.75. The molecule has 2 heterocycles. The number of aromatic nitrogens is 1. The third-order valence-electron chi connectivity index (χ3n) is 3.63. The van der Waals surface area contributed by atoms with Crippen molar-refractivity contribution in [3.63, 3.8) is 0 Å². The molecule has 0 aromatic carbocycles. The van der Waals surface area contributed by atoms with E-state index in [1.807, 2.05) is 0 Å². The van der Waals surface area contributed by atoms with Crippen molar-refractivity contribution in [2.24, 2.45) is 0 Å². The van der Waals surface area contributed by atoms with Crippen LogP contribution in [0, 0.1) is 20.8 Å². The second-order valence-electron chi connectivity index (χ2n) is 4.82. The lowest BCUT2D eigenvalue weighted by molar-refractivity contribution is 0.0455. The van der Waals surface area contributed by atoms with Crippen molar-refractivity contribution in [3.8, 4) is 0 Å². The minimum absolute atomic E-state index is 0.421. The number of ether oxygens (including phenoxy) is 1. The third kappa shape index (κ3) is 2.10. The van der Waals surface area contributed by atoms with Crippen LogP contribution in [0.2, 0.25) is 0 Å². The molecule has 0 amide bonds. The Morgan fingerprint density at radius 2 is 2.07 bits per heavy atom. The molecule has 0 radical (unpaired) electrons. The van der Waals surface area contributed by atoms with Gasteiger partial charge < -0.3 is 9.30 Å². The van der Waals surface area contributed by atoms with Crippen molar-refractivity contribution in [1.82, 2.24) is 4.57 Å². The maximum absolute atomic E-state index is 5.85. The van der Waals surface area contributed by atoms with Gasteiger partial charge in [0.25, 0.3) is 0 Å². The van der Waals surface area contributed by atoms with Crippen molar-refractivity contribution in [1.29, 1.82) is 0 Å². The zero-order chi connectivity index (χ0) is 11.0. The summed E-state index contributed by atoms with van der Waals surface area (Å²) in [6.07, 6.45) is 5.54. The Kier molecular flexibility index (Phi) is 2.87. The molecular weight excluding hydrogens is 186 g/mol. The van der Waals surface area contributed by atoms with Gasteiger partial charge in [0.15, 0.2) is 0 Å². The molecule has 0 saturated carbocycles. The number of rotatable bonds is 2. The highest BCUT2D eigenvalue weighted by Crippen LogP contribution is 2.22. The van der Waals surface area contributed by atoms with Gasteiger partial charge in [-0.2, -0.15) is 0 Å². The van der Waals surface area contributed by atoms with Crippen LogP contribution in [0.3, 0.4) is 0 Å². The SMILES string of the molecule is Cc1cn(CC2CCC(C)O2)c(C)c1C. The van der Waals surface area contributed by atoms with Crippen molar-refractivity contribution in [2.45, 2.75) is 59.3 Å². The average Bonchev–Trinajstić information content (AvgIpc) is 2.68. The van der Waals surface area contributed by atoms with Gasteiger partial charge in [0.1, 0.15) is 0 Å². The summed E-state index contributed by atoms with van der Waals surface area (Å²) in [4.78, 5) is 0. The van der Waals surface area contributed by atoms with E-state index in [1.165, 1.54) is 29.7 Å². The topological polar surface area (TPSA) is 14.2 Å². The Balaban J connectivity index is 2.08. The van der Waals surface area contributed by atoms with E-state index in [2.05, 4.69) is 38.5 Å². The summed E-state index contributed by atoms with van der Waals surface area (Å²) >= 11 is 0. The van der Waals surface area contributed by atoms with Gasteiger partial charge in [-0.25, -0.2) is 0 Å². The summed E-state index contributed by atoms with van der Waals surface area (Å²) in [6, 6.07) is 0. The van der Waals surface area contributed by atoms with Gasteiger partial charge in [-0.1, -0.05) is 0 Å². The lowest BCUT2D eigenvalue weighted by Crippen LogP contribution is -2.16. The van der Waals surface area contributed by atoms with E-state index < -0.39 is 0 Å². The van der Waals surface area contributed by atoms with E-state index >= 15 is 0 Å². The van der Waals surface area contributed by atoms with Crippen molar-refractivity contribution in [3.05, 3.63) is 23.0 Å². The highest BCUT2D eigenvalue weighted by atomic mass is 16.5. The van der Waals surface area contributed by atoms with E-state index in [4.69, 9.17) is 4.74 Å². The van der Waals surface area contributed by atoms with E-state index in [0.717, 1.165) is 6.54 Å². The Hall–Kier alpha value is -0.760. The quantitative estimate of drug-likeness (QED) is 0.727. The minimum atomic E-state index is 0.421. The molecule has 2 atom stereocenters. The standard InChI is InChI=1S/C13H21NO/c1-9-7-14(12(4)11(9)3)8-13-6-5-10(2)15-13/h7,10,13H,5-6,8H2,1-4H3. The van der Waals surface area contributed by atoms with Crippen LogP contribution in [-0.2, 0) is 11.3 Å². The average molecular weight is 207 g/mol. The first kappa shape index (κ1) is 10.7. The van der Waals surface area contributed by atoms with Crippen molar-refractivity contribution in [2.75, 3.05) is 0 Å². The van der Waals surface area contributed by atoms with Crippen LogP contribution in [0.4, 0.5) is 0 Å². The molecule has 84 valence electrons. The molecule has 0 N–H and O–H groups in total. The van der Waals surface area contributed by atoms with Gasteiger partial charge in [-0.05, 0) is 51.7 Å². The van der Waals surface area contributed by atoms with Crippen molar-refractivity contribution < 1.29 is 4.74 Å². The lowest BCUT2D eigenvalue weighted by atomic mass is 10.2. The summed E-state index contributed by atoms with van der Waals surface area (Å²) in [5.41, 5.74) is 4.19. The van der Waals surface area contributed by atoms with Crippen LogP contribution in [0.25, 0.3) is 0 Å². The van der Waals surface area contributed by atoms with Gasteiger partial charge in [-0.15, -0.1) is 0 Å². The molecule has 1 aromatic rings. The second kappa shape index (κ2) is 4.01. The molecule has 1 fully saturated rings. The maximum Gasteiger partial charge on any atom is 0.0758 e. The fraction of sp³-hybridized carbons (Fsp3) is 0.692. The monoisotopic (exact) mass is 207 g/mol. The summed E-state index contributed by atoms with van der Waals surface area (Å²) < 4.78 is 8.19. The maximum atomic E-state index is 5.85. The Morgan fingerprint density at radius 1 is 1.33 bits per heavy atom. The van der Waals surface area contributed by atoms with Crippen LogP contribution in [0.5, 0.6) is 0 Å². The second-order valence-corrected chi connectivity index (χ2v) is 4.82. The molecule has 1 aliphatic heterocycles. The summed E-state index contributed by atoms with van der Waals surface area (Å²) in [5, 5.41) is 0. The zero-order valence-corrected chi connectivity index (χ0v) is 10.2. The summed E-state index contributed by atoms with van der Waals surface area (Å²) in [5.74, 6) is 0.